The summed E-state index contributed by atoms with van der Waals surface area (Å²) >= 11 is 0. The number of hydrogen-bond acceptors (Lipinski definition) is 3. The summed E-state index contributed by atoms with van der Waals surface area (Å²) in [5.41, 5.74) is 2.39. The van der Waals surface area contributed by atoms with E-state index in [1.54, 1.807) is 5.94 Å². The van der Waals surface area contributed by atoms with E-state index >= 15 is 0 Å². The van der Waals surface area contributed by atoms with Crippen molar-refractivity contribution in [1.82, 2.24) is 5.01 Å². The Balaban J connectivity index is 2.28. The van der Waals surface area contributed by atoms with Crippen LogP contribution < -0.4 is 0 Å². The van der Waals surface area contributed by atoms with E-state index < -0.39 is 0 Å². The van der Waals surface area contributed by atoms with Gasteiger partial charge >= 0.3 is 0 Å². The molecule has 0 amide bonds. The Kier molecular flexibility index (Phi) is 2.66. The van der Waals surface area contributed by atoms with E-state index in [4.69, 9.17) is 0 Å². The Morgan fingerprint density at radius 2 is 2.33 bits per heavy atom. The zero-order chi connectivity index (χ0) is 10.7. The molecule has 0 aromatic heterocycles. The monoisotopic (exact) mass is 200 g/mol. The molecule has 0 fully saturated rings. The van der Waals surface area contributed by atoms with Crippen molar-refractivity contribution < 1.29 is 4.79 Å². The third-order valence-corrected chi connectivity index (χ3v) is 2.60. The van der Waals surface area contributed by atoms with E-state index in [-0.39, 0.29) is 6.04 Å². The lowest BCUT2D eigenvalue weighted by Crippen LogP contribution is -2.26. The van der Waals surface area contributed by atoms with Crippen LogP contribution in [0.3, 0.4) is 0 Å². The van der Waals surface area contributed by atoms with Gasteiger partial charge in [0, 0.05) is 6.08 Å². The predicted octanol–water partition coefficient (Wildman–Crippen LogP) is 1.78. The number of hydrogen-bond donors (Lipinski definition) is 0. The number of carbonyl (C=O) groups excluding carboxylic acids is 1. The molecule has 0 saturated heterocycles. The van der Waals surface area contributed by atoms with Crippen molar-refractivity contribution in [3.05, 3.63) is 41.5 Å². The molecule has 0 radical (unpaired) electrons. The smallest absolute Gasteiger partial charge is 0.121 e. The highest BCUT2D eigenvalue weighted by Gasteiger charge is 2.18. The normalized spacial score (nSPS) is 18.2. The fraction of sp³-hybridized carbons (Fsp3) is 0.250. The van der Waals surface area contributed by atoms with Gasteiger partial charge in [-0.05, 0) is 18.1 Å². The van der Waals surface area contributed by atoms with Crippen LogP contribution in [0, 0.1) is 0 Å². The molecule has 0 aliphatic carbocycles. The zero-order valence-electron chi connectivity index (χ0n) is 8.55. The fourth-order valence-electron chi connectivity index (χ4n) is 1.74. The van der Waals surface area contributed by atoms with Crippen molar-refractivity contribution in [2.75, 3.05) is 6.54 Å². The van der Waals surface area contributed by atoms with Crippen molar-refractivity contribution in [3.8, 4) is 0 Å². The van der Waals surface area contributed by atoms with Crippen LogP contribution in [0.15, 0.2) is 35.4 Å². The summed E-state index contributed by atoms with van der Waals surface area (Å²) in [6.45, 7) is 2.59. The summed E-state index contributed by atoms with van der Waals surface area (Å²) < 4.78 is 0. The van der Waals surface area contributed by atoms with Crippen molar-refractivity contribution in [2.24, 2.45) is 5.10 Å². The Bertz CT molecular complexity index is 433. The molecule has 0 unspecified atom stereocenters. The highest BCUT2D eigenvalue weighted by atomic mass is 16.1. The van der Waals surface area contributed by atoms with Gasteiger partial charge in [0.25, 0.3) is 0 Å². The minimum Gasteiger partial charge on any atom is -0.285 e. The SMILES string of the molecule is C[C@@H]1c2ccccc2C=NN1CC=C=O. The summed E-state index contributed by atoms with van der Waals surface area (Å²) in [6, 6.07) is 8.35. The Morgan fingerprint density at radius 3 is 3.13 bits per heavy atom. The van der Waals surface area contributed by atoms with E-state index in [9.17, 15) is 4.79 Å². The first-order valence-electron chi connectivity index (χ1n) is 4.92. The molecule has 76 valence electrons. The molecule has 1 aromatic carbocycles. The van der Waals surface area contributed by atoms with Gasteiger partial charge in [0.1, 0.15) is 5.94 Å². The lowest BCUT2D eigenvalue weighted by Gasteiger charge is -2.29. The molecular formula is C12H12N2O. The molecule has 1 aromatic rings. The topological polar surface area (TPSA) is 32.7 Å². The van der Waals surface area contributed by atoms with Crippen LogP contribution in [-0.2, 0) is 4.79 Å². The molecule has 15 heavy (non-hydrogen) atoms. The molecule has 0 N–H and O–H groups in total. The first-order chi connectivity index (χ1) is 7.33. The van der Waals surface area contributed by atoms with E-state index in [1.807, 2.05) is 29.4 Å². The molecule has 3 heteroatoms. The first kappa shape index (κ1) is 9.69. The van der Waals surface area contributed by atoms with Gasteiger partial charge in [-0.15, -0.1) is 0 Å². The summed E-state index contributed by atoms with van der Waals surface area (Å²) in [7, 11) is 0. The summed E-state index contributed by atoms with van der Waals surface area (Å²) in [5.74, 6) is 1.77. The van der Waals surface area contributed by atoms with Crippen molar-refractivity contribution in [2.45, 2.75) is 13.0 Å². The van der Waals surface area contributed by atoms with E-state index in [0.717, 1.165) is 5.56 Å². The van der Waals surface area contributed by atoms with Gasteiger partial charge < -0.3 is 0 Å². The Labute approximate surface area is 88.7 Å². The highest BCUT2D eigenvalue weighted by molar-refractivity contribution is 5.82. The van der Waals surface area contributed by atoms with Gasteiger partial charge in [-0.1, -0.05) is 24.3 Å². The average molecular weight is 200 g/mol. The molecule has 2 rings (SSSR count). The van der Waals surface area contributed by atoms with Crippen molar-refractivity contribution >= 4 is 12.2 Å². The lowest BCUT2D eigenvalue weighted by molar-refractivity contribution is 0.243. The minimum atomic E-state index is 0.204. The van der Waals surface area contributed by atoms with Crippen LogP contribution in [0.25, 0.3) is 0 Å². The fourth-order valence-corrected chi connectivity index (χ4v) is 1.74. The van der Waals surface area contributed by atoms with Crippen LogP contribution in [-0.4, -0.2) is 23.7 Å². The van der Waals surface area contributed by atoms with E-state index in [0.29, 0.717) is 6.54 Å². The number of rotatable bonds is 2. The minimum absolute atomic E-state index is 0.204. The molecule has 0 bridgehead atoms. The van der Waals surface area contributed by atoms with Crippen LogP contribution in [0.5, 0.6) is 0 Å². The molecule has 0 saturated carbocycles. The summed E-state index contributed by atoms with van der Waals surface area (Å²) in [6.07, 6.45) is 3.27. The second-order valence-corrected chi connectivity index (χ2v) is 3.49. The standard InChI is InChI=1S/C12H12N2O/c1-10-12-6-3-2-5-11(12)9-13-14(10)7-4-8-15/h2-6,9-10H,7H2,1H3/t10-/m1/s1. The Hall–Kier alpha value is -1.86. The van der Waals surface area contributed by atoms with Gasteiger partial charge in [0.05, 0.1) is 18.8 Å². The Morgan fingerprint density at radius 1 is 1.53 bits per heavy atom. The van der Waals surface area contributed by atoms with Gasteiger partial charge in [-0.25, -0.2) is 4.79 Å². The predicted molar refractivity (Wildman–Crippen MR) is 59.4 cm³/mol. The third kappa shape index (κ3) is 1.83. The molecule has 0 spiro atoms. The maximum atomic E-state index is 10.1. The molecule has 1 aliphatic heterocycles. The molecule has 1 atom stereocenters. The largest absolute Gasteiger partial charge is 0.285 e. The van der Waals surface area contributed by atoms with Crippen molar-refractivity contribution in [1.29, 1.82) is 0 Å². The number of benzene rings is 1. The quantitative estimate of drug-likeness (QED) is 0.682. The second-order valence-electron chi connectivity index (χ2n) is 3.49. The third-order valence-electron chi connectivity index (χ3n) is 2.60. The second kappa shape index (κ2) is 4.11. The molecule has 1 heterocycles. The van der Waals surface area contributed by atoms with Crippen LogP contribution in [0.2, 0.25) is 0 Å². The van der Waals surface area contributed by atoms with Crippen LogP contribution in [0.4, 0.5) is 0 Å². The maximum absolute atomic E-state index is 10.1. The van der Waals surface area contributed by atoms with E-state index in [2.05, 4.69) is 18.1 Å². The van der Waals surface area contributed by atoms with Crippen LogP contribution in [0.1, 0.15) is 24.1 Å². The van der Waals surface area contributed by atoms with Gasteiger partial charge in [-0.2, -0.15) is 5.10 Å². The summed E-state index contributed by atoms with van der Waals surface area (Å²) in [5, 5.41) is 6.16. The first-order valence-corrected chi connectivity index (χ1v) is 4.92. The number of hydrazone groups is 1. The highest BCUT2D eigenvalue weighted by Crippen LogP contribution is 2.26. The lowest BCUT2D eigenvalue weighted by atomic mass is 10.0. The van der Waals surface area contributed by atoms with Gasteiger partial charge in [0.15, 0.2) is 0 Å². The van der Waals surface area contributed by atoms with Crippen molar-refractivity contribution in [3.63, 3.8) is 0 Å². The zero-order valence-corrected chi connectivity index (χ0v) is 8.55. The molecule has 3 nitrogen and oxygen atoms in total. The molecular weight excluding hydrogens is 188 g/mol. The average Bonchev–Trinajstić information content (AvgIpc) is 2.29. The molecule has 1 aliphatic rings. The van der Waals surface area contributed by atoms with Crippen LogP contribution >= 0.6 is 0 Å². The van der Waals surface area contributed by atoms with Gasteiger partial charge in [-0.3, -0.25) is 5.01 Å². The van der Waals surface area contributed by atoms with E-state index in [1.165, 1.54) is 11.6 Å². The van der Waals surface area contributed by atoms with Gasteiger partial charge in [0.2, 0.25) is 0 Å². The maximum Gasteiger partial charge on any atom is 0.121 e. The number of nitrogens with zero attached hydrogens (tertiary/aromatic N) is 2. The summed E-state index contributed by atoms with van der Waals surface area (Å²) in [4.78, 5) is 10.1. The number of fused-ring (bicyclic) bond motifs is 1.